The van der Waals surface area contributed by atoms with Crippen molar-refractivity contribution in [1.82, 2.24) is 5.32 Å². The van der Waals surface area contributed by atoms with Crippen LogP contribution in [0.1, 0.15) is 19.4 Å². The van der Waals surface area contributed by atoms with Crippen molar-refractivity contribution >= 4 is 21.6 Å². The molecule has 0 unspecified atom stereocenters. The molecular formula is C15H25BrN2O. The van der Waals surface area contributed by atoms with Gasteiger partial charge in [-0.1, -0.05) is 19.9 Å². The normalized spacial score (nSPS) is 11.1. The molecule has 3 nitrogen and oxygen atoms in total. The van der Waals surface area contributed by atoms with Crippen molar-refractivity contribution < 1.29 is 4.74 Å². The highest BCUT2D eigenvalue weighted by molar-refractivity contribution is 9.10. The molecule has 0 saturated heterocycles. The lowest BCUT2D eigenvalue weighted by molar-refractivity contribution is 0.206. The number of benzene rings is 1. The van der Waals surface area contributed by atoms with E-state index in [-0.39, 0.29) is 0 Å². The van der Waals surface area contributed by atoms with Gasteiger partial charge in [0.05, 0.1) is 12.3 Å². The summed E-state index contributed by atoms with van der Waals surface area (Å²) < 4.78 is 6.24. The van der Waals surface area contributed by atoms with Crippen molar-refractivity contribution in [3.05, 3.63) is 28.2 Å². The molecule has 1 aromatic carbocycles. The molecule has 4 heteroatoms. The molecule has 0 aromatic heterocycles. The lowest BCUT2D eigenvalue weighted by Crippen LogP contribution is -2.22. The molecule has 19 heavy (non-hydrogen) atoms. The van der Waals surface area contributed by atoms with Crippen molar-refractivity contribution in [2.75, 3.05) is 38.8 Å². The summed E-state index contributed by atoms with van der Waals surface area (Å²) in [7, 11) is 3.81. The molecule has 0 amide bonds. The zero-order valence-electron chi connectivity index (χ0n) is 12.4. The maximum Gasteiger partial charge on any atom is 0.0637 e. The fraction of sp³-hybridized carbons (Fsp3) is 0.600. The molecular weight excluding hydrogens is 304 g/mol. The Hall–Kier alpha value is -0.580. The average molecular weight is 329 g/mol. The maximum atomic E-state index is 5.11. The summed E-state index contributed by atoms with van der Waals surface area (Å²) >= 11 is 3.65. The molecule has 0 bridgehead atoms. The standard InChI is InChI=1S/C15H25BrN2O/c1-12(2)10-17-11-13-5-6-15(14(16)9-13)18(3)7-8-19-4/h5-6,9,12,17H,7-8,10-11H2,1-4H3. The first-order valence-electron chi connectivity index (χ1n) is 6.73. The van der Waals surface area contributed by atoms with Gasteiger partial charge in [-0.3, -0.25) is 0 Å². The van der Waals surface area contributed by atoms with E-state index in [0.717, 1.165) is 30.7 Å². The Labute approximate surface area is 125 Å². The predicted octanol–water partition coefficient (Wildman–Crippen LogP) is 3.28. The Kier molecular flexibility index (Phi) is 7.42. The highest BCUT2D eigenvalue weighted by Crippen LogP contribution is 2.26. The SMILES string of the molecule is COCCN(C)c1ccc(CNCC(C)C)cc1Br. The fourth-order valence-corrected chi connectivity index (χ4v) is 2.55. The topological polar surface area (TPSA) is 24.5 Å². The van der Waals surface area contributed by atoms with Crippen LogP contribution in [0.4, 0.5) is 5.69 Å². The molecule has 0 aliphatic heterocycles. The van der Waals surface area contributed by atoms with E-state index in [2.05, 4.69) is 65.2 Å². The second kappa shape index (κ2) is 8.56. The third-order valence-corrected chi connectivity index (χ3v) is 3.57. The molecule has 108 valence electrons. The van der Waals surface area contributed by atoms with Gasteiger partial charge < -0.3 is 15.0 Å². The van der Waals surface area contributed by atoms with Crippen LogP contribution < -0.4 is 10.2 Å². The first-order valence-corrected chi connectivity index (χ1v) is 7.53. The number of ether oxygens (including phenoxy) is 1. The van der Waals surface area contributed by atoms with E-state index >= 15 is 0 Å². The first-order chi connectivity index (χ1) is 9.04. The Morgan fingerprint density at radius 2 is 2.11 bits per heavy atom. The molecule has 0 spiro atoms. The number of methoxy groups -OCH3 is 1. The van der Waals surface area contributed by atoms with Gasteiger partial charge in [0.2, 0.25) is 0 Å². The van der Waals surface area contributed by atoms with Gasteiger partial charge in [-0.05, 0) is 46.1 Å². The minimum absolute atomic E-state index is 0.683. The van der Waals surface area contributed by atoms with Gasteiger partial charge >= 0.3 is 0 Å². The van der Waals surface area contributed by atoms with Gasteiger partial charge in [0, 0.05) is 31.7 Å². The number of halogens is 1. The summed E-state index contributed by atoms with van der Waals surface area (Å²) in [6, 6.07) is 6.52. The van der Waals surface area contributed by atoms with E-state index < -0.39 is 0 Å². The predicted molar refractivity (Wildman–Crippen MR) is 85.8 cm³/mol. The number of rotatable bonds is 8. The van der Waals surface area contributed by atoms with Crippen LogP contribution in [-0.4, -0.2) is 33.9 Å². The van der Waals surface area contributed by atoms with Crippen molar-refractivity contribution in [3.63, 3.8) is 0 Å². The number of anilines is 1. The van der Waals surface area contributed by atoms with Crippen LogP contribution in [-0.2, 0) is 11.3 Å². The van der Waals surface area contributed by atoms with E-state index in [0.29, 0.717) is 5.92 Å². The summed E-state index contributed by atoms with van der Waals surface area (Å²) in [5.74, 6) is 0.683. The van der Waals surface area contributed by atoms with E-state index in [1.165, 1.54) is 11.3 Å². The number of nitrogens with one attached hydrogen (secondary N) is 1. The van der Waals surface area contributed by atoms with Crippen molar-refractivity contribution in [2.45, 2.75) is 20.4 Å². The van der Waals surface area contributed by atoms with E-state index in [4.69, 9.17) is 4.74 Å². The average Bonchev–Trinajstić information content (AvgIpc) is 2.35. The monoisotopic (exact) mass is 328 g/mol. The first kappa shape index (κ1) is 16.5. The molecule has 0 aliphatic carbocycles. The zero-order valence-corrected chi connectivity index (χ0v) is 14.0. The molecule has 0 aliphatic rings. The van der Waals surface area contributed by atoms with Crippen LogP contribution in [0.15, 0.2) is 22.7 Å². The molecule has 1 aromatic rings. The minimum atomic E-state index is 0.683. The molecule has 0 fully saturated rings. The third-order valence-electron chi connectivity index (χ3n) is 2.94. The smallest absolute Gasteiger partial charge is 0.0637 e. The van der Waals surface area contributed by atoms with Gasteiger partial charge in [-0.2, -0.15) is 0 Å². The van der Waals surface area contributed by atoms with Gasteiger partial charge in [0.25, 0.3) is 0 Å². The van der Waals surface area contributed by atoms with Gasteiger partial charge in [-0.15, -0.1) is 0 Å². The van der Waals surface area contributed by atoms with Crippen LogP contribution >= 0.6 is 15.9 Å². The summed E-state index contributed by atoms with van der Waals surface area (Å²) in [5, 5.41) is 3.46. The quantitative estimate of drug-likeness (QED) is 0.792. The van der Waals surface area contributed by atoms with E-state index in [1.807, 2.05) is 0 Å². The van der Waals surface area contributed by atoms with Crippen LogP contribution in [0, 0.1) is 5.92 Å². The second-order valence-electron chi connectivity index (χ2n) is 5.22. The number of likely N-dealkylation sites (N-methyl/N-ethyl adjacent to an activating group) is 1. The highest BCUT2D eigenvalue weighted by Gasteiger charge is 2.06. The Morgan fingerprint density at radius 1 is 1.37 bits per heavy atom. The number of hydrogen-bond acceptors (Lipinski definition) is 3. The van der Waals surface area contributed by atoms with Gasteiger partial charge in [0.15, 0.2) is 0 Å². The molecule has 0 heterocycles. The molecule has 0 radical (unpaired) electrons. The lowest BCUT2D eigenvalue weighted by Gasteiger charge is -2.21. The van der Waals surface area contributed by atoms with Crippen molar-refractivity contribution in [3.8, 4) is 0 Å². The maximum absolute atomic E-state index is 5.11. The Morgan fingerprint density at radius 3 is 2.68 bits per heavy atom. The Bertz CT molecular complexity index is 382. The second-order valence-corrected chi connectivity index (χ2v) is 6.08. The van der Waals surface area contributed by atoms with Crippen LogP contribution in [0.3, 0.4) is 0 Å². The number of hydrogen-bond donors (Lipinski definition) is 1. The highest BCUT2D eigenvalue weighted by atomic mass is 79.9. The van der Waals surface area contributed by atoms with Crippen molar-refractivity contribution in [1.29, 1.82) is 0 Å². The van der Waals surface area contributed by atoms with E-state index in [1.54, 1.807) is 7.11 Å². The van der Waals surface area contributed by atoms with Crippen LogP contribution in [0.5, 0.6) is 0 Å². The van der Waals surface area contributed by atoms with Crippen LogP contribution in [0.2, 0.25) is 0 Å². The molecule has 0 atom stereocenters. The molecule has 0 saturated carbocycles. The summed E-state index contributed by atoms with van der Waals surface area (Å²) in [6.45, 7) is 8.03. The van der Waals surface area contributed by atoms with Crippen LogP contribution in [0.25, 0.3) is 0 Å². The van der Waals surface area contributed by atoms with Gasteiger partial charge in [0.1, 0.15) is 0 Å². The Balaban J connectivity index is 2.58. The zero-order chi connectivity index (χ0) is 14.3. The molecule has 1 N–H and O–H groups in total. The summed E-state index contributed by atoms with van der Waals surface area (Å²) in [5.41, 5.74) is 2.50. The minimum Gasteiger partial charge on any atom is -0.383 e. The lowest BCUT2D eigenvalue weighted by atomic mass is 10.1. The summed E-state index contributed by atoms with van der Waals surface area (Å²) in [4.78, 5) is 2.19. The van der Waals surface area contributed by atoms with Crippen molar-refractivity contribution in [2.24, 2.45) is 5.92 Å². The van der Waals surface area contributed by atoms with E-state index in [9.17, 15) is 0 Å². The number of nitrogens with zero attached hydrogens (tertiary/aromatic N) is 1. The summed E-state index contributed by atoms with van der Waals surface area (Å²) in [6.07, 6.45) is 0. The largest absolute Gasteiger partial charge is 0.383 e. The van der Waals surface area contributed by atoms with Gasteiger partial charge in [-0.25, -0.2) is 0 Å². The fourth-order valence-electron chi connectivity index (χ4n) is 1.82. The third kappa shape index (κ3) is 5.93. The molecule has 1 rings (SSSR count).